The van der Waals surface area contributed by atoms with Crippen molar-refractivity contribution in [3.63, 3.8) is 0 Å². The van der Waals surface area contributed by atoms with Crippen molar-refractivity contribution in [1.82, 2.24) is 0 Å². The van der Waals surface area contributed by atoms with E-state index in [2.05, 4.69) is 12.1 Å². The molecule has 0 spiro atoms. The van der Waals surface area contributed by atoms with E-state index in [1.165, 1.54) is 18.2 Å². The molecule has 4 rings (SSSR count). The van der Waals surface area contributed by atoms with E-state index in [9.17, 15) is 9.90 Å². The highest BCUT2D eigenvalue weighted by molar-refractivity contribution is 6.06. The molecule has 0 saturated carbocycles. The van der Waals surface area contributed by atoms with Crippen LogP contribution in [0.15, 0.2) is 103 Å². The molecule has 4 aromatic rings. The summed E-state index contributed by atoms with van der Waals surface area (Å²) in [5, 5.41) is 9.37. The molecular formula is C29H24O4. The fourth-order valence-corrected chi connectivity index (χ4v) is 3.44. The lowest BCUT2D eigenvalue weighted by Gasteiger charge is -2.12. The lowest BCUT2D eigenvalue weighted by molar-refractivity contribution is 0.104. The number of aromatic hydroxyl groups is 1. The van der Waals surface area contributed by atoms with Gasteiger partial charge in [0.1, 0.15) is 23.9 Å². The van der Waals surface area contributed by atoms with Gasteiger partial charge in [0.15, 0.2) is 5.78 Å². The molecule has 0 amide bonds. The van der Waals surface area contributed by atoms with Gasteiger partial charge in [0, 0.05) is 11.1 Å². The van der Waals surface area contributed by atoms with Gasteiger partial charge in [-0.25, -0.2) is 0 Å². The van der Waals surface area contributed by atoms with Crippen molar-refractivity contribution in [3.8, 4) is 28.4 Å². The van der Waals surface area contributed by atoms with Crippen molar-refractivity contribution >= 4 is 11.9 Å². The van der Waals surface area contributed by atoms with Gasteiger partial charge in [-0.1, -0.05) is 54.6 Å². The Balaban J connectivity index is 1.44. The third-order valence-electron chi connectivity index (χ3n) is 5.24. The molecule has 33 heavy (non-hydrogen) atoms. The van der Waals surface area contributed by atoms with E-state index >= 15 is 0 Å². The predicted octanol–water partition coefficient (Wildman–Crippen LogP) is 6.54. The van der Waals surface area contributed by atoms with Crippen LogP contribution in [0.4, 0.5) is 0 Å². The zero-order valence-electron chi connectivity index (χ0n) is 18.3. The number of carbonyl (C=O) groups excluding carboxylic acids is 1. The summed E-state index contributed by atoms with van der Waals surface area (Å²) in [6.45, 7) is 0.335. The first-order valence-electron chi connectivity index (χ1n) is 10.6. The smallest absolute Gasteiger partial charge is 0.185 e. The molecule has 0 radical (unpaired) electrons. The van der Waals surface area contributed by atoms with Crippen LogP contribution in [0, 0.1) is 0 Å². The average molecular weight is 437 g/mol. The number of benzene rings is 4. The van der Waals surface area contributed by atoms with E-state index < -0.39 is 0 Å². The van der Waals surface area contributed by atoms with Crippen molar-refractivity contribution in [3.05, 3.63) is 120 Å². The highest BCUT2D eigenvalue weighted by Gasteiger charge is 2.07. The predicted molar refractivity (Wildman–Crippen MR) is 131 cm³/mol. The molecule has 164 valence electrons. The maximum absolute atomic E-state index is 12.4. The number of hydrogen-bond acceptors (Lipinski definition) is 4. The molecule has 0 atom stereocenters. The van der Waals surface area contributed by atoms with Crippen LogP contribution in [0.5, 0.6) is 17.2 Å². The van der Waals surface area contributed by atoms with Crippen LogP contribution in [-0.4, -0.2) is 18.0 Å². The number of carbonyl (C=O) groups is 1. The molecule has 4 aromatic carbocycles. The fraction of sp³-hybridized carbons (Fsp3) is 0.0690. The summed E-state index contributed by atoms with van der Waals surface area (Å²) in [5.41, 5.74) is 4.54. The second kappa shape index (κ2) is 10.3. The van der Waals surface area contributed by atoms with Crippen LogP contribution in [0.25, 0.3) is 17.2 Å². The first-order valence-corrected chi connectivity index (χ1v) is 10.6. The van der Waals surface area contributed by atoms with Crippen LogP contribution >= 0.6 is 0 Å². The number of phenols is 1. The van der Waals surface area contributed by atoms with Crippen LogP contribution in [-0.2, 0) is 6.61 Å². The number of ketones is 1. The van der Waals surface area contributed by atoms with E-state index in [0.29, 0.717) is 12.2 Å². The zero-order valence-corrected chi connectivity index (χ0v) is 18.3. The zero-order chi connectivity index (χ0) is 23.0. The Morgan fingerprint density at radius 2 is 1.55 bits per heavy atom. The minimum Gasteiger partial charge on any atom is -0.508 e. The van der Waals surface area contributed by atoms with Gasteiger partial charge in [0.2, 0.25) is 0 Å². The van der Waals surface area contributed by atoms with Gasteiger partial charge in [-0.05, 0) is 71.3 Å². The van der Waals surface area contributed by atoms with Gasteiger partial charge in [-0.15, -0.1) is 0 Å². The summed E-state index contributed by atoms with van der Waals surface area (Å²) in [5.74, 6) is 1.48. The third kappa shape index (κ3) is 5.69. The van der Waals surface area contributed by atoms with Crippen LogP contribution in [0.3, 0.4) is 0 Å². The summed E-state index contributed by atoms with van der Waals surface area (Å²) in [6, 6.07) is 30.0. The van der Waals surface area contributed by atoms with E-state index in [-0.39, 0.29) is 11.5 Å². The number of rotatable bonds is 8. The standard InChI is InChI=1S/C29H24O4/c1-32-29-18-8-21(7-17-28(31)24-9-13-26(30)14-10-24)19-25(29)20-33-27-15-11-23(12-16-27)22-5-3-2-4-6-22/h2-19,30H,20H2,1H3/b17-7+. The first-order chi connectivity index (χ1) is 16.1. The molecular weight excluding hydrogens is 412 g/mol. The van der Waals surface area contributed by atoms with Gasteiger partial charge in [0.05, 0.1) is 7.11 Å². The number of hydrogen-bond donors (Lipinski definition) is 1. The molecule has 0 aliphatic heterocycles. The Hall–Kier alpha value is -4.31. The van der Waals surface area contributed by atoms with Crippen molar-refractivity contribution in [1.29, 1.82) is 0 Å². The van der Waals surface area contributed by atoms with Gasteiger partial charge in [-0.3, -0.25) is 4.79 Å². The van der Waals surface area contributed by atoms with Crippen LogP contribution < -0.4 is 9.47 Å². The van der Waals surface area contributed by atoms with Gasteiger partial charge < -0.3 is 14.6 Å². The molecule has 0 unspecified atom stereocenters. The molecule has 0 bridgehead atoms. The third-order valence-corrected chi connectivity index (χ3v) is 5.24. The largest absolute Gasteiger partial charge is 0.508 e. The average Bonchev–Trinajstić information content (AvgIpc) is 2.87. The molecule has 0 saturated heterocycles. The van der Waals surface area contributed by atoms with E-state index in [4.69, 9.17) is 9.47 Å². The first kappa shape index (κ1) is 21.9. The number of methoxy groups -OCH3 is 1. The Labute approximate surface area is 193 Å². The number of ether oxygens (including phenoxy) is 2. The molecule has 4 nitrogen and oxygen atoms in total. The van der Waals surface area contributed by atoms with Crippen molar-refractivity contribution in [2.24, 2.45) is 0 Å². The Morgan fingerprint density at radius 1 is 0.848 bits per heavy atom. The molecule has 1 N–H and O–H groups in total. The van der Waals surface area contributed by atoms with Crippen molar-refractivity contribution in [2.75, 3.05) is 7.11 Å². The second-order valence-electron chi connectivity index (χ2n) is 7.49. The fourth-order valence-electron chi connectivity index (χ4n) is 3.44. The summed E-state index contributed by atoms with van der Waals surface area (Å²) in [7, 11) is 1.62. The lowest BCUT2D eigenvalue weighted by atomic mass is 10.1. The quantitative estimate of drug-likeness (QED) is 0.252. The van der Waals surface area contributed by atoms with Crippen LogP contribution in [0.1, 0.15) is 21.5 Å². The highest BCUT2D eigenvalue weighted by Crippen LogP contribution is 2.25. The number of allylic oxidation sites excluding steroid dienone is 1. The minimum atomic E-state index is -0.137. The Kier molecular flexibility index (Phi) is 6.86. The molecule has 0 aromatic heterocycles. The van der Waals surface area contributed by atoms with Crippen LogP contribution in [0.2, 0.25) is 0 Å². The summed E-state index contributed by atoms with van der Waals surface area (Å²) >= 11 is 0. The van der Waals surface area contributed by atoms with E-state index in [0.717, 1.165) is 33.8 Å². The summed E-state index contributed by atoms with van der Waals surface area (Å²) in [4.78, 5) is 12.4. The highest BCUT2D eigenvalue weighted by atomic mass is 16.5. The number of phenolic OH excluding ortho intramolecular Hbond substituents is 1. The molecule has 0 heterocycles. The Bertz CT molecular complexity index is 1240. The van der Waals surface area contributed by atoms with E-state index in [1.54, 1.807) is 25.3 Å². The molecule has 4 heteroatoms. The SMILES string of the molecule is COc1ccc(/C=C/C(=O)c2ccc(O)cc2)cc1COc1ccc(-c2ccccc2)cc1. The van der Waals surface area contributed by atoms with Crippen molar-refractivity contribution in [2.45, 2.75) is 6.61 Å². The Morgan fingerprint density at radius 3 is 2.24 bits per heavy atom. The molecule has 0 aliphatic rings. The topological polar surface area (TPSA) is 55.8 Å². The van der Waals surface area contributed by atoms with E-state index in [1.807, 2.05) is 60.7 Å². The maximum Gasteiger partial charge on any atom is 0.185 e. The second-order valence-corrected chi connectivity index (χ2v) is 7.49. The minimum absolute atomic E-state index is 0.130. The van der Waals surface area contributed by atoms with Crippen molar-refractivity contribution < 1.29 is 19.4 Å². The summed E-state index contributed by atoms with van der Waals surface area (Å²) in [6.07, 6.45) is 3.27. The monoisotopic (exact) mass is 436 g/mol. The lowest BCUT2D eigenvalue weighted by Crippen LogP contribution is -1.99. The molecule has 0 fully saturated rings. The summed E-state index contributed by atoms with van der Waals surface area (Å²) < 4.78 is 11.5. The normalized spacial score (nSPS) is 10.8. The van der Waals surface area contributed by atoms with Gasteiger partial charge >= 0.3 is 0 Å². The van der Waals surface area contributed by atoms with Gasteiger partial charge in [-0.2, -0.15) is 0 Å². The maximum atomic E-state index is 12.4. The van der Waals surface area contributed by atoms with Gasteiger partial charge in [0.25, 0.3) is 0 Å². The molecule has 0 aliphatic carbocycles.